The van der Waals surface area contributed by atoms with Gasteiger partial charge in [0.1, 0.15) is 30.6 Å². The number of carbonyl (C=O) groups is 1. The van der Waals surface area contributed by atoms with Gasteiger partial charge in [-0.05, 0) is 49.2 Å². The lowest BCUT2D eigenvalue weighted by Crippen LogP contribution is -2.28. The first-order valence-electron chi connectivity index (χ1n) is 12.2. The van der Waals surface area contributed by atoms with Crippen LogP contribution >= 0.6 is 0 Å². The van der Waals surface area contributed by atoms with Crippen LogP contribution in [0.4, 0.5) is 10.7 Å². The summed E-state index contributed by atoms with van der Waals surface area (Å²) in [4.78, 5) is 26.0. The Morgan fingerprint density at radius 3 is 2.68 bits per heavy atom. The van der Waals surface area contributed by atoms with Crippen molar-refractivity contribution >= 4 is 23.1 Å². The van der Waals surface area contributed by atoms with Gasteiger partial charge >= 0.3 is 6.09 Å². The molecular formula is C26H26N6O5. The number of aromatic nitrogens is 4. The van der Waals surface area contributed by atoms with Gasteiger partial charge < -0.3 is 29.6 Å². The zero-order chi connectivity index (χ0) is 25.2. The summed E-state index contributed by atoms with van der Waals surface area (Å²) in [5.74, 6) is 3.54. The van der Waals surface area contributed by atoms with Crippen molar-refractivity contribution in [2.24, 2.45) is 0 Å². The molecule has 2 N–H and O–H groups in total. The Morgan fingerprint density at radius 2 is 1.84 bits per heavy atom. The summed E-state index contributed by atoms with van der Waals surface area (Å²) in [6, 6.07) is 13.1. The van der Waals surface area contributed by atoms with Crippen LogP contribution in [0.5, 0.6) is 17.2 Å². The van der Waals surface area contributed by atoms with Crippen LogP contribution in [0.15, 0.2) is 48.7 Å². The fourth-order valence-electron chi connectivity index (χ4n) is 4.45. The molecule has 0 spiro atoms. The van der Waals surface area contributed by atoms with E-state index in [1.165, 1.54) is 7.05 Å². The Labute approximate surface area is 212 Å². The number of ether oxygens (including phenoxy) is 4. The van der Waals surface area contributed by atoms with Crippen LogP contribution in [0.2, 0.25) is 0 Å². The molecule has 4 heterocycles. The molecule has 6 rings (SSSR count). The second-order valence-corrected chi connectivity index (χ2v) is 8.69. The third-order valence-corrected chi connectivity index (χ3v) is 6.27. The summed E-state index contributed by atoms with van der Waals surface area (Å²) in [7, 11) is 1.51. The van der Waals surface area contributed by atoms with E-state index in [1.54, 1.807) is 18.3 Å². The van der Waals surface area contributed by atoms with Crippen molar-refractivity contribution in [3.8, 4) is 34.5 Å². The Hall–Kier alpha value is -4.38. The highest BCUT2D eigenvalue weighted by Gasteiger charge is 2.21. The lowest BCUT2D eigenvalue weighted by molar-refractivity contribution is 0.0903. The fraction of sp³-hybridized carbons (Fsp3) is 0.308. The average Bonchev–Trinajstić information content (AvgIpc) is 3.32. The summed E-state index contributed by atoms with van der Waals surface area (Å²) in [6.45, 7) is 2.43. The summed E-state index contributed by atoms with van der Waals surface area (Å²) in [5, 5.41) is 5.89. The number of fused-ring (bicyclic) bond motifs is 2. The molecule has 4 aromatic rings. The van der Waals surface area contributed by atoms with Crippen molar-refractivity contribution in [3.63, 3.8) is 0 Å². The Kier molecular flexibility index (Phi) is 6.19. The second kappa shape index (κ2) is 9.94. The SMILES string of the molecule is CNC(=O)Oc1ccc2nc(-c3ccc4c(c3)OCCO4)n(-c3ccnc(NC4CCOCC4)n3)c2c1. The predicted molar refractivity (Wildman–Crippen MR) is 136 cm³/mol. The Balaban J connectivity index is 1.47. The number of anilines is 1. The number of imidazole rings is 1. The summed E-state index contributed by atoms with van der Waals surface area (Å²) in [5.41, 5.74) is 2.26. The predicted octanol–water partition coefficient (Wildman–Crippen LogP) is 3.56. The Morgan fingerprint density at radius 1 is 1.00 bits per heavy atom. The van der Waals surface area contributed by atoms with Gasteiger partial charge in [-0.25, -0.2) is 14.8 Å². The molecule has 2 aromatic heterocycles. The largest absolute Gasteiger partial charge is 0.486 e. The van der Waals surface area contributed by atoms with Gasteiger partial charge in [-0.3, -0.25) is 4.57 Å². The first-order valence-corrected chi connectivity index (χ1v) is 12.2. The standard InChI is InChI=1S/C26H26N6O5/c1-27-26(33)37-18-3-4-19-20(15-18)32(23-6-9-28-25(31-23)29-17-7-10-34-11-8-17)24(30-19)16-2-5-21-22(14-16)36-13-12-35-21/h2-6,9,14-15,17H,7-8,10-13H2,1H3,(H,27,33)(H,28,29,31). The number of nitrogens with zero attached hydrogens (tertiary/aromatic N) is 4. The van der Waals surface area contributed by atoms with E-state index in [2.05, 4.69) is 15.6 Å². The van der Waals surface area contributed by atoms with Crippen LogP contribution in [0.25, 0.3) is 28.2 Å². The smallest absolute Gasteiger partial charge is 0.412 e. The van der Waals surface area contributed by atoms with Crippen LogP contribution in [0.1, 0.15) is 12.8 Å². The molecule has 2 aliphatic rings. The molecule has 0 radical (unpaired) electrons. The van der Waals surface area contributed by atoms with Crippen LogP contribution in [-0.2, 0) is 4.74 Å². The number of hydrogen-bond donors (Lipinski definition) is 2. The van der Waals surface area contributed by atoms with Crippen molar-refractivity contribution < 1.29 is 23.7 Å². The van der Waals surface area contributed by atoms with Crippen LogP contribution in [0.3, 0.4) is 0 Å². The topological polar surface area (TPSA) is 122 Å². The van der Waals surface area contributed by atoms with E-state index in [0.29, 0.717) is 66.8 Å². The highest BCUT2D eigenvalue weighted by molar-refractivity contribution is 5.85. The first-order chi connectivity index (χ1) is 18.2. The maximum atomic E-state index is 11.8. The van der Waals surface area contributed by atoms with Gasteiger partial charge in [0, 0.05) is 44.1 Å². The van der Waals surface area contributed by atoms with Gasteiger partial charge in [0.15, 0.2) is 11.5 Å². The molecule has 11 nitrogen and oxygen atoms in total. The number of rotatable bonds is 5. The zero-order valence-corrected chi connectivity index (χ0v) is 20.3. The van der Waals surface area contributed by atoms with Gasteiger partial charge in [0.25, 0.3) is 0 Å². The van der Waals surface area contributed by atoms with Crippen molar-refractivity contribution in [2.45, 2.75) is 18.9 Å². The van der Waals surface area contributed by atoms with Crippen LogP contribution in [-0.4, -0.2) is 65.1 Å². The van der Waals surface area contributed by atoms with E-state index in [0.717, 1.165) is 23.9 Å². The maximum absolute atomic E-state index is 11.8. The minimum Gasteiger partial charge on any atom is -0.486 e. The van der Waals surface area contributed by atoms with Crippen LogP contribution < -0.4 is 24.8 Å². The van der Waals surface area contributed by atoms with Gasteiger partial charge in [-0.15, -0.1) is 0 Å². The number of amides is 1. The molecule has 0 bridgehead atoms. The summed E-state index contributed by atoms with van der Waals surface area (Å²) >= 11 is 0. The zero-order valence-electron chi connectivity index (χ0n) is 20.3. The summed E-state index contributed by atoms with van der Waals surface area (Å²) in [6.07, 6.45) is 2.95. The van der Waals surface area contributed by atoms with Crippen molar-refractivity contribution in [2.75, 3.05) is 38.8 Å². The van der Waals surface area contributed by atoms with E-state index in [9.17, 15) is 4.79 Å². The van der Waals surface area contributed by atoms with Crippen LogP contribution in [0, 0.1) is 0 Å². The molecule has 0 aliphatic carbocycles. The lowest BCUT2D eigenvalue weighted by atomic mass is 10.1. The molecule has 1 fully saturated rings. The van der Waals surface area contributed by atoms with E-state index in [-0.39, 0.29) is 6.04 Å². The first kappa shape index (κ1) is 23.0. The fourth-order valence-corrected chi connectivity index (χ4v) is 4.45. The molecule has 1 saturated heterocycles. The minimum absolute atomic E-state index is 0.244. The monoisotopic (exact) mass is 502 g/mol. The van der Waals surface area contributed by atoms with E-state index in [4.69, 9.17) is 28.9 Å². The highest BCUT2D eigenvalue weighted by atomic mass is 16.6. The molecule has 190 valence electrons. The third kappa shape index (κ3) is 4.73. The van der Waals surface area contributed by atoms with E-state index in [1.807, 2.05) is 34.9 Å². The molecule has 0 atom stereocenters. The average molecular weight is 503 g/mol. The van der Waals surface area contributed by atoms with Crippen molar-refractivity contribution in [3.05, 3.63) is 48.7 Å². The number of nitrogens with one attached hydrogen (secondary N) is 2. The maximum Gasteiger partial charge on any atom is 0.412 e. The molecule has 1 amide bonds. The molecule has 11 heteroatoms. The summed E-state index contributed by atoms with van der Waals surface area (Å²) < 4.78 is 24.3. The normalized spacial score (nSPS) is 15.4. The molecule has 2 aromatic carbocycles. The lowest BCUT2D eigenvalue weighted by Gasteiger charge is -2.23. The number of benzene rings is 2. The Bertz CT molecular complexity index is 1450. The second-order valence-electron chi connectivity index (χ2n) is 8.69. The van der Waals surface area contributed by atoms with Gasteiger partial charge in [-0.2, -0.15) is 4.98 Å². The number of carbonyl (C=O) groups excluding carboxylic acids is 1. The van der Waals surface area contributed by atoms with E-state index < -0.39 is 6.09 Å². The van der Waals surface area contributed by atoms with Gasteiger partial charge in [0.2, 0.25) is 5.95 Å². The van der Waals surface area contributed by atoms with E-state index >= 15 is 0 Å². The van der Waals surface area contributed by atoms with Crippen molar-refractivity contribution in [1.29, 1.82) is 0 Å². The minimum atomic E-state index is -0.553. The molecule has 0 unspecified atom stereocenters. The van der Waals surface area contributed by atoms with Gasteiger partial charge in [-0.1, -0.05) is 0 Å². The van der Waals surface area contributed by atoms with Gasteiger partial charge in [0.05, 0.1) is 11.0 Å². The molecular weight excluding hydrogens is 476 g/mol. The molecule has 37 heavy (non-hydrogen) atoms. The highest BCUT2D eigenvalue weighted by Crippen LogP contribution is 2.37. The quantitative estimate of drug-likeness (QED) is 0.422. The molecule has 0 saturated carbocycles. The van der Waals surface area contributed by atoms with Crippen molar-refractivity contribution in [1.82, 2.24) is 24.8 Å². The third-order valence-electron chi connectivity index (χ3n) is 6.27. The number of hydrogen-bond acceptors (Lipinski definition) is 9. The molecule has 2 aliphatic heterocycles.